The second-order valence-electron chi connectivity index (χ2n) is 4.22. The summed E-state index contributed by atoms with van der Waals surface area (Å²) >= 11 is 7.47. The molecule has 0 radical (unpaired) electrons. The summed E-state index contributed by atoms with van der Waals surface area (Å²) in [6, 6.07) is 1.73. The lowest BCUT2D eigenvalue weighted by Crippen LogP contribution is -2.40. The first-order chi connectivity index (χ1) is 9.06. The maximum absolute atomic E-state index is 13.5. The summed E-state index contributed by atoms with van der Waals surface area (Å²) in [6.07, 6.45) is 0.236. The van der Waals surface area contributed by atoms with Gasteiger partial charge in [-0.1, -0.05) is 11.6 Å². The molecule has 1 saturated heterocycles. The average Bonchev–Trinajstić information content (AvgIpc) is 2.35. The minimum Gasteiger partial charge on any atom is -0.322 e. The zero-order valence-electron chi connectivity index (χ0n) is 10.0. The molecule has 1 aliphatic heterocycles. The summed E-state index contributed by atoms with van der Waals surface area (Å²) in [5, 5.41) is 5.46. The molecule has 1 amide bonds. The van der Waals surface area contributed by atoms with E-state index in [2.05, 4.69) is 10.6 Å². The van der Waals surface area contributed by atoms with Crippen LogP contribution in [-0.2, 0) is 4.79 Å². The molecule has 0 aliphatic carbocycles. The highest BCUT2D eigenvalue weighted by Crippen LogP contribution is 2.26. The number of benzene rings is 1. The third kappa shape index (κ3) is 4.06. The van der Waals surface area contributed by atoms with Crippen molar-refractivity contribution in [3.8, 4) is 0 Å². The van der Waals surface area contributed by atoms with Crippen LogP contribution in [0.3, 0.4) is 0 Å². The van der Waals surface area contributed by atoms with Crippen LogP contribution in [0.4, 0.5) is 14.5 Å². The summed E-state index contributed by atoms with van der Waals surface area (Å²) in [7, 11) is 0. The number of hydrogen-bond acceptors (Lipinski definition) is 3. The number of halogens is 3. The lowest BCUT2D eigenvalue weighted by Gasteiger charge is -2.22. The van der Waals surface area contributed by atoms with Crippen molar-refractivity contribution in [1.29, 1.82) is 0 Å². The van der Waals surface area contributed by atoms with Gasteiger partial charge in [-0.2, -0.15) is 11.8 Å². The molecule has 1 aromatic carbocycles. The van der Waals surface area contributed by atoms with Gasteiger partial charge in [0, 0.05) is 36.6 Å². The van der Waals surface area contributed by atoms with E-state index < -0.39 is 11.6 Å². The number of nitrogens with one attached hydrogen (secondary N) is 2. The fraction of sp³-hybridized carbons (Fsp3) is 0.417. The van der Waals surface area contributed by atoms with Crippen molar-refractivity contribution >= 4 is 35.0 Å². The quantitative estimate of drug-likeness (QED) is 0.902. The summed E-state index contributed by atoms with van der Waals surface area (Å²) in [5.74, 6) is -0.119. The number of rotatable bonds is 3. The Morgan fingerprint density at radius 2 is 2.32 bits per heavy atom. The normalized spacial score (nSPS) is 19.2. The largest absolute Gasteiger partial charge is 0.322 e. The molecule has 0 saturated carbocycles. The number of amides is 1. The highest BCUT2D eigenvalue weighted by atomic mass is 35.5. The Bertz CT molecular complexity index is 458. The standard InChI is InChI=1S/C12H13ClF2N2OS/c13-9-3-7(14)4-10(15)12(9)17-11(18)5-8-6-19-2-1-16-8/h3-4,8,16H,1-2,5-6H2,(H,17,18). The molecule has 3 nitrogen and oxygen atoms in total. The Hall–Kier alpha value is -0.850. The van der Waals surface area contributed by atoms with E-state index in [0.717, 1.165) is 24.1 Å². The first-order valence-electron chi connectivity index (χ1n) is 5.82. The highest BCUT2D eigenvalue weighted by molar-refractivity contribution is 7.99. The van der Waals surface area contributed by atoms with Crippen LogP contribution in [0.5, 0.6) is 0 Å². The third-order valence-corrected chi connectivity index (χ3v) is 4.13. The average molecular weight is 307 g/mol. The smallest absolute Gasteiger partial charge is 0.226 e. The Balaban J connectivity index is 1.98. The van der Waals surface area contributed by atoms with Crippen molar-refractivity contribution in [3.05, 3.63) is 28.8 Å². The predicted octanol–water partition coefficient (Wildman–Crippen LogP) is 2.65. The first-order valence-corrected chi connectivity index (χ1v) is 7.35. The number of anilines is 1. The van der Waals surface area contributed by atoms with E-state index in [1.165, 1.54) is 0 Å². The summed E-state index contributed by atoms with van der Waals surface area (Å²) in [4.78, 5) is 11.8. The number of carbonyl (C=O) groups is 1. The number of carbonyl (C=O) groups excluding carboxylic acids is 1. The van der Waals surface area contributed by atoms with Crippen molar-refractivity contribution in [3.63, 3.8) is 0 Å². The van der Waals surface area contributed by atoms with Crippen molar-refractivity contribution < 1.29 is 13.6 Å². The Morgan fingerprint density at radius 3 is 2.95 bits per heavy atom. The molecule has 0 bridgehead atoms. The Labute approximate surface area is 119 Å². The van der Waals surface area contributed by atoms with Crippen LogP contribution in [-0.4, -0.2) is 30.0 Å². The van der Waals surface area contributed by atoms with E-state index in [4.69, 9.17) is 11.6 Å². The number of hydrogen-bond donors (Lipinski definition) is 2. The maximum Gasteiger partial charge on any atom is 0.226 e. The zero-order valence-corrected chi connectivity index (χ0v) is 11.6. The molecular weight excluding hydrogens is 294 g/mol. The molecule has 7 heteroatoms. The summed E-state index contributed by atoms with van der Waals surface area (Å²) < 4.78 is 26.4. The Morgan fingerprint density at radius 1 is 1.53 bits per heavy atom. The van der Waals surface area contributed by atoms with E-state index in [1.807, 2.05) is 0 Å². The molecule has 104 valence electrons. The van der Waals surface area contributed by atoms with E-state index in [-0.39, 0.29) is 29.1 Å². The van der Waals surface area contributed by atoms with Gasteiger partial charge in [0.15, 0.2) is 5.82 Å². The lowest BCUT2D eigenvalue weighted by atomic mass is 10.2. The van der Waals surface area contributed by atoms with Crippen LogP contribution in [0.15, 0.2) is 12.1 Å². The van der Waals surface area contributed by atoms with Gasteiger partial charge in [-0.15, -0.1) is 0 Å². The van der Waals surface area contributed by atoms with Gasteiger partial charge in [0.1, 0.15) is 5.82 Å². The van der Waals surface area contributed by atoms with Gasteiger partial charge < -0.3 is 10.6 Å². The molecule has 19 heavy (non-hydrogen) atoms. The molecule has 1 heterocycles. The Kier molecular flexibility index (Phi) is 5.01. The van der Waals surface area contributed by atoms with Crippen molar-refractivity contribution in [2.24, 2.45) is 0 Å². The molecular formula is C12H13ClF2N2OS. The number of thioether (sulfide) groups is 1. The molecule has 1 aliphatic rings. The minimum atomic E-state index is -0.871. The van der Waals surface area contributed by atoms with E-state index in [9.17, 15) is 13.6 Å². The SMILES string of the molecule is O=C(CC1CSCCN1)Nc1c(F)cc(F)cc1Cl. The molecule has 2 rings (SSSR count). The molecule has 1 fully saturated rings. The summed E-state index contributed by atoms with van der Waals surface area (Å²) in [5.41, 5.74) is -0.170. The first kappa shape index (κ1) is 14.6. The van der Waals surface area contributed by atoms with Gasteiger partial charge in [-0.3, -0.25) is 4.79 Å². The summed E-state index contributed by atoms with van der Waals surface area (Å²) in [6.45, 7) is 0.855. The molecule has 2 N–H and O–H groups in total. The van der Waals surface area contributed by atoms with Crippen LogP contribution in [0.25, 0.3) is 0 Å². The fourth-order valence-electron chi connectivity index (χ4n) is 1.83. The van der Waals surface area contributed by atoms with Crippen LogP contribution in [0, 0.1) is 11.6 Å². The van der Waals surface area contributed by atoms with Gasteiger partial charge in [-0.05, 0) is 6.07 Å². The predicted molar refractivity (Wildman–Crippen MR) is 73.7 cm³/mol. The lowest BCUT2D eigenvalue weighted by molar-refractivity contribution is -0.116. The third-order valence-electron chi connectivity index (χ3n) is 2.70. The molecule has 1 atom stereocenters. The molecule has 0 aromatic heterocycles. The van der Waals surface area contributed by atoms with Gasteiger partial charge in [-0.25, -0.2) is 8.78 Å². The van der Waals surface area contributed by atoms with Crippen molar-refractivity contribution in [1.82, 2.24) is 5.32 Å². The van der Waals surface area contributed by atoms with Crippen LogP contribution in [0.2, 0.25) is 5.02 Å². The van der Waals surface area contributed by atoms with E-state index in [0.29, 0.717) is 6.07 Å². The van der Waals surface area contributed by atoms with E-state index in [1.54, 1.807) is 11.8 Å². The topological polar surface area (TPSA) is 41.1 Å². The zero-order chi connectivity index (χ0) is 13.8. The van der Waals surface area contributed by atoms with Crippen molar-refractivity contribution in [2.75, 3.05) is 23.4 Å². The van der Waals surface area contributed by atoms with Crippen molar-refractivity contribution in [2.45, 2.75) is 12.5 Å². The van der Waals surface area contributed by atoms with Gasteiger partial charge in [0.2, 0.25) is 5.91 Å². The van der Waals surface area contributed by atoms with Crippen LogP contribution >= 0.6 is 23.4 Å². The van der Waals surface area contributed by atoms with Gasteiger partial charge in [0.05, 0.1) is 10.7 Å². The van der Waals surface area contributed by atoms with Crippen LogP contribution in [0.1, 0.15) is 6.42 Å². The second-order valence-corrected chi connectivity index (χ2v) is 5.78. The maximum atomic E-state index is 13.5. The van der Waals surface area contributed by atoms with E-state index >= 15 is 0 Å². The highest BCUT2D eigenvalue weighted by Gasteiger charge is 2.19. The molecule has 1 aromatic rings. The fourth-order valence-corrected chi connectivity index (χ4v) is 3.02. The van der Waals surface area contributed by atoms with Crippen LogP contribution < -0.4 is 10.6 Å². The molecule has 1 unspecified atom stereocenters. The monoisotopic (exact) mass is 306 g/mol. The van der Waals surface area contributed by atoms with Gasteiger partial charge in [0.25, 0.3) is 0 Å². The molecule has 0 spiro atoms. The second kappa shape index (κ2) is 6.54. The van der Waals surface area contributed by atoms with Gasteiger partial charge >= 0.3 is 0 Å². The minimum absolute atomic E-state index is 0.0704.